The van der Waals surface area contributed by atoms with E-state index in [9.17, 15) is 9.59 Å². The molecule has 0 fully saturated rings. The van der Waals surface area contributed by atoms with Crippen molar-refractivity contribution in [3.63, 3.8) is 0 Å². The molecule has 2 N–H and O–H groups in total. The maximum atomic E-state index is 12.4. The van der Waals surface area contributed by atoms with E-state index in [1.807, 2.05) is 0 Å². The molecule has 0 aliphatic rings. The van der Waals surface area contributed by atoms with Gasteiger partial charge in [0.05, 0.1) is 6.42 Å². The molecule has 36 heavy (non-hydrogen) atoms. The van der Waals surface area contributed by atoms with Gasteiger partial charge in [-0.3, -0.25) is 9.59 Å². The number of rotatable bonds is 28. The summed E-state index contributed by atoms with van der Waals surface area (Å²) in [4.78, 5) is 24.7. The zero-order valence-electron chi connectivity index (χ0n) is 24.1. The Balaban J connectivity index is 4.05. The van der Waals surface area contributed by atoms with Crippen molar-refractivity contribution in [3.05, 3.63) is 0 Å². The van der Waals surface area contributed by atoms with Gasteiger partial charge in [-0.05, 0) is 25.7 Å². The number of hydrogen-bond donors (Lipinski definition) is 2. The summed E-state index contributed by atoms with van der Waals surface area (Å²) in [6, 6.07) is 0. The predicted octanol–water partition coefficient (Wildman–Crippen LogP) is 8.41. The highest BCUT2D eigenvalue weighted by Crippen LogP contribution is 2.16. The van der Waals surface area contributed by atoms with Crippen LogP contribution >= 0.6 is 0 Å². The van der Waals surface area contributed by atoms with Gasteiger partial charge >= 0.3 is 5.97 Å². The summed E-state index contributed by atoms with van der Waals surface area (Å²) >= 11 is 0. The Labute approximate surface area is 223 Å². The summed E-state index contributed by atoms with van der Waals surface area (Å²) < 4.78 is 5.74. The van der Waals surface area contributed by atoms with Crippen LogP contribution in [-0.2, 0) is 14.3 Å². The van der Waals surface area contributed by atoms with E-state index in [2.05, 4.69) is 19.2 Å². The Morgan fingerprint density at radius 3 is 1.56 bits per heavy atom. The van der Waals surface area contributed by atoms with Crippen LogP contribution < -0.4 is 5.32 Å². The molecule has 0 bridgehead atoms. The normalized spacial score (nSPS) is 12.0. The molecule has 0 aliphatic heterocycles. The second-order valence-electron chi connectivity index (χ2n) is 10.6. The van der Waals surface area contributed by atoms with Crippen molar-refractivity contribution in [1.29, 1.82) is 0 Å². The lowest BCUT2D eigenvalue weighted by atomic mass is 10.0. The zero-order valence-corrected chi connectivity index (χ0v) is 24.1. The van der Waals surface area contributed by atoms with Gasteiger partial charge in [0.15, 0.2) is 0 Å². The summed E-state index contributed by atoms with van der Waals surface area (Å²) in [5.74, 6) is -0.248. The minimum Gasteiger partial charge on any atom is -0.462 e. The third-order valence-corrected chi connectivity index (χ3v) is 6.98. The molecule has 0 aromatic heterocycles. The minimum atomic E-state index is -0.330. The maximum Gasteiger partial charge on any atom is 0.306 e. The van der Waals surface area contributed by atoms with Gasteiger partial charge in [0.1, 0.15) is 6.10 Å². The van der Waals surface area contributed by atoms with Gasteiger partial charge in [0, 0.05) is 19.6 Å². The van der Waals surface area contributed by atoms with Crippen LogP contribution in [0.4, 0.5) is 0 Å². The number of aliphatic hydroxyl groups excluding tert-OH is 1. The van der Waals surface area contributed by atoms with E-state index in [0.29, 0.717) is 19.4 Å². The third-order valence-electron chi connectivity index (χ3n) is 6.98. The predicted molar refractivity (Wildman–Crippen MR) is 152 cm³/mol. The summed E-state index contributed by atoms with van der Waals surface area (Å²) in [7, 11) is 0. The lowest BCUT2D eigenvalue weighted by Crippen LogP contribution is -2.31. The Morgan fingerprint density at radius 1 is 0.639 bits per heavy atom. The van der Waals surface area contributed by atoms with Gasteiger partial charge in [0.25, 0.3) is 0 Å². The Kier molecular flexibility index (Phi) is 27.6. The van der Waals surface area contributed by atoms with E-state index in [4.69, 9.17) is 9.84 Å². The Morgan fingerprint density at radius 2 is 1.08 bits per heavy atom. The highest BCUT2D eigenvalue weighted by molar-refractivity contribution is 5.77. The fourth-order valence-electron chi connectivity index (χ4n) is 4.65. The minimum absolute atomic E-state index is 0.0656. The topological polar surface area (TPSA) is 75.6 Å². The van der Waals surface area contributed by atoms with Crippen LogP contribution in [0.2, 0.25) is 0 Å². The Bertz CT molecular complexity index is 483. The van der Waals surface area contributed by atoms with Crippen molar-refractivity contribution in [2.24, 2.45) is 0 Å². The highest BCUT2D eigenvalue weighted by atomic mass is 16.5. The average molecular weight is 512 g/mol. The van der Waals surface area contributed by atoms with E-state index < -0.39 is 0 Å². The highest BCUT2D eigenvalue weighted by Gasteiger charge is 2.18. The van der Waals surface area contributed by atoms with E-state index in [0.717, 1.165) is 32.1 Å². The molecule has 5 heteroatoms. The van der Waals surface area contributed by atoms with E-state index in [1.54, 1.807) is 0 Å². The SMILES string of the molecule is CCCCCCCCCCCCCC(=O)OC(CCCCCCCCCCC)CC(=O)NCCCO. The molecule has 0 spiro atoms. The molecule has 0 heterocycles. The zero-order chi connectivity index (χ0) is 26.5. The first kappa shape index (κ1) is 34.9. The molecule has 0 aromatic rings. The number of unbranched alkanes of at least 4 members (excludes halogenated alkanes) is 18. The van der Waals surface area contributed by atoms with Crippen LogP contribution in [0.1, 0.15) is 168 Å². The lowest BCUT2D eigenvalue weighted by Gasteiger charge is -2.18. The number of amides is 1. The number of nitrogens with one attached hydrogen (secondary N) is 1. The number of aliphatic hydroxyl groups is 1. The van der Waals surface area contributed by atoms with Gasteiger partial charge in [0.2, 0.25) is 5.91 Å². The first-order valence-corrected chi connectivity index (χ1v) is 15.7. The largest absolute Gasteiger partial charge is 0.462 e. The Hall–Kier alpha value is -1.10. The molecule has 214 valence electrons. The molecule has 1 unspecified atom stereocenters. The molecule has 5 nitrogen and oxygen atoms in total. The van der Waals surface area contributed by atoms with E-state index in [-0.39, 0.29) is 31.0 Å². The van der Waals surface area contributed by atoms with Crippen LogP contribution in [0, 0.1) is 0 Å². The molecular weight excluding hydrogens is 450 g/mol. The molecule has 0 saturated carbocycles. The number of hydrogen-bond acceptors (Lipinski definition) is 4. The molecular formula is C31H61NO4. The molecule has 1 atom stereocenters. The number of esters is 1. The van der Waals surface area contributed by atoms with Crippen molar-refractivity contribution < 1.29 is 19.4 Å². The summed E-state index contributed by atoms with van der Waals surface area (Å²) in [6.07, 6.45) is 26.7. The van der Waals surface area contributed by atoms with Crippen molar-refractivity contribution in [1.82, 2.24) is 5.32 Å². The van der Waals surface area contributed by atoms with Crippen LogP contribution in [0.15, 0.2) is 0 Å². The first-order valence-electron chi connectivity index (χ1n) is 15.7. The first-order chi connectivity index (χ1) is 17.6. The smallest absolute Gasteiger partial charge is 0.306 e. The third kappa shape index (κ3) is 26.0. The molecule has 0 aromatic carbocycles. The lowest BCUT2D eigenvalue weighted by molar-refractivity contribution is -0.150. The molecule has 0 aliphatic carbocycles. The van der Waals surface area contributed by atoms with Crippen LogP contribution in [-0.4, -0.2) is 36.2 Å². The van der Waals surface area contributed by atoms with Crippen molar-refractivity contribution >= 4 is 11.9 Å². The van der Waals surface area contributed by atoms with E-state index in [1.165, 1.54) is 103 Å². The second-order valence-corrected chi connectivity index (χ2v) is 10.6. The fourth-order valence-corrected chi connectivity index (χ4v) is 4.65. The number of carbonyl (C=O) groups excluding carboxylic acids is 2. The molecule has 0 saturated heterocycles. The quantitative estimate of drug-likeness (QED) is 0.0816. The summed E-state index contributed by atoms with van der Waals surface area (Å²) in [5.41, 5.74) is 0. The van der Waals surface area contributed by atoms with Gasteiger partial charge < -0.3 is 15.2 Å². The van der Waals surface area contributed by atoms with Gasteiger partial charge in [-0.2, -0.15) is 0 Å². The monoisotopic (exact) mass is 511 g/mol. The summed E-state index contributed by atoms with van der Waals surface area (Å²) in [5, 5.41) is 11.7. The average Bonchev–Trinajstić information content (AvgIpc) is 2.86. The van der Waals surface area contributed by atoms with Crippen LogP contribution in [0.3, 0.4) is 0 Å². The van der Waals surface area contributed by atoms with Crippen LogP contribution in [0.25, 0.3) is 0 Å². The van der Waals surface area contributed by atoms with Crippen molar-refractivity contribution in [2.45, 2.75) is 174 Å². The van der Waals surface area contributed by atoms with Crippen molar-refractivity contribution in [2.75, 3.05) is 13.2 Å². The number of carbonyl (C=O) groups is 2. The van der Waals surface area contributed by atoms with Gasteiger partial charge in [-0.25, -0.2) is 0 Å². The number of ether oxygens (including phenoxy) is 1. The summed E-state index contributed by atoms with van der Waals surface area (Å²) in [6.45, 7) is 5.03. The maximum absolute atomic E-state index is 12.4. The van der Waals surface area contributed by atoms with Crippen molar-refractivity contribution in [3.8, 4) is 0 Å². The molecule has 0 radical (unpaired) electrons. The van der Waals surface area contributed by atoms with Gasteiger partial charge in [-0.1, -0.05) is 129 Å². The molecule has 1 amide bonds. The van der Waals surface area contributed by atoms with E-state index >= 15 is 0 Å². The molecule has 0 rings (SSSR count). The van der Waals surface area contributed by atoms with Crippen LogP contribution in [0.5, 0.6) is 0 Å². The fraction of sp³-hybridized carbons (Fsp3) is 0.935. The van der Waals surface area contributed by atoms with Gasteiger partial charge in [-0.15, -0.1) is 0 Å². The standard InChI is InChI=1S/C31H61NO4/c1-3-5-7-9-11-13-14-16-18-20-22-25-31(35)36-29(28-30(34)32-26-23-27-33)24-21-19-17-15-12-10-8-6-4-2/h29,33H,3-28H2,1-2H3,(H,32,34). The second kappa shape index (κ2) is 28.5.